The van der Waals surface area contributed by atoms with Crippen molar-refractivity contribution >= 4 is 62.5 Å². The minimum Gasteiger partial charge on any atom is -0.494 e. The van der Waals surface area contributed by atoms with E-state index in [2.05, 4.69) is 10.2 Å². The Morgan fingerprint density at radius 3 is 2.14 bits per heavy atom. The lowest BCUT2D eigenvalue weighted by Gasteiger charge is -2.13. The van der Waals surface area contributed by atoms with Crippen LogP contribution in [0.1, 0.15) is 87.9 Å². The molecular weight excluding hydrogens is 851 g/mol. The Morgan fingerprint density at radius 2 is 1.44 bits per heavy atom. The molecule has 5 heterocycles. The standard InChI is InChI=1S/C46H51N11O9/c1-6-56-33(18-26(3)52-56)35(58)24-38-50-32-21-29(44(48)63)22-36(64-5)42(32)54(38)14-9-10-15-55-41-30(31-25-49-45(51-46(31)55)34-19-27(4)53-57(34)7-2)20-28(43(47)62)23-37(41)65-16-11-8-12-40(61)66-17-13-39(59)60/h9-10,18-23,25H,6-8,11-17,24H2,1-5H3,(H2,47,62)(H2,48,63)(H,59,60)/b10-9+. The number of aryl methyl sites for hydroxylation is 4. The van der Waals surface area contributed by atoms with E-state index >= 15 is 0 Å². The second-order valence-electron chi connectivity index (χ2n) is 15.5. The number of allylic oxidation sites excluding steroid dienone is 2. The molecule has 0 unspecified atom stereocenters. The summed E-state index contributed by atoms with van der Waals surface area (Å²) in [6, 6.07) is 10.0. The van der Waals surface area contributed by atoms with E-state index in [1.807, 2.05) is 59.7 Å². The summed E-state index contributed by atoms with van der Waals surface area (Å²) in [6.45, 7) is 9.14. The van der Waals surface area contributed by atoms with Gasteiger partial charge in [-0.3, -0.25) is 33.3 Å². The molecule has 0 aliphatic rings. The minimum atomic E-state index is -1.06. The van der Waals surface area contributed by atoms with Crippen LogP contribution in [0.25, 0.3) is 44.5 Å². The minimum absolute atomic E-state index is 0.0698. The summed E-state index contributed by atoms with van der Waals surface area (Å²) in [5.74, 6) is -1.50. The lowest BCUT2D eigenvalue weighted by Crippen LogP contribution is -2.15. The number of benzene rings is 2. The van der Waals surface area contributed by atoms with Gasteiger partial charge in [-0.05, 0) is 76.9 Å². The molecule has 0 saturated carbocycles. The second-order valence-corrected chi connectivity index (χ2v) is 15.5. The van der Waals surface area contributed by atoms with Crippen molar-refractivity contribution in [2.75, 3.05) is 20.3 Å². The number of imidazole rings is 1. The number of carbonyl (C=O) groups excluding carboxylic acids is 4. The first-order valence-corrected chi connectivity index (χ1v) is 21.5. The molecule has 0 aliphatic carbocycles. The van der Waals surface area contributed by atoms with Crippen LogP contribution in [-0.2, 0) is 46.9 Å². The molecule has 0 saturated heterocycles. The van der Waals surface area contributed by atoms with E-state index in [4.69, 9.17) is 45.7 Å². The molecule has 0 radical (unpaired) electrons. The molecule has 7 rings (SSSR count). The summed E-state index contributed by atoms with van der Waals surface area (Å²) in [5.41, 5.74) is 16.8. The number of unbranched alkanes of at least 4 members (excludes halogenated alkanes) is 1. The van der Waals surface area contributed by atoms with Gasteiger partial charge >= 0.3 is 11.9 Å². The number of carboxylic acid groups (broad SMARTS) is 1. The Labute approximate surface area is 378 Å². The number of ketones is 1. The summed E-state index contributed by atoms with van der Waals surface area (Å²) in [4.78, 5) is 76.4. The van der Waals surface area contributed by atoms with Crippen LogP contribution in [0.2, 0.25) is 0 Å². The average molecular weight is 902 g/mol. The van der Waals surface area contributed by atoms with Crippen LogP contribution in [0, 0.1) is 13.8 Å². The molecule has 20 nitrogen and oxygen atoms in total. The van der Waals surface area contributed by atoms with E-state index in [1.54, 1.807) is 41.2 Å². The fourth-order valence-electron chi connectivity index (χ4n) is 7.88. The predicted molar refractivity (Wildman–Crippen MR) is 242 cm³/mol. The number of methoxy groups -OCH3 is 1. The Bertz CT molecular complexity index is 3050. The summed E-state index contributed by atoms with van der Waals surface area (Å²) in [6.07, 6.45) is 6.12. The van der Waals surface area contributed by atoms with Crippen molar-refractivity contribution in [1.29, 1.82) is 0 Å². The topological polar surface area (TPSA) is 269 Å². The predicted octanol–water partition coefficient (Wildman–Crippen LogP) is 5.11. The van der Waals surface area contributed by atoms with E-state index in [1.165, 1.54) is 7.11 Å². The summed E-state index contributed by atoms with van der Waals surface area (Å²) in [7, 11) is 1.48. The third-order valence-corrected chi connectivity index (χ3v) is 10.9. The largest absolute Gasteiger partial charge is 0.494 e. The molecule has 0 spiro atoms. The number of primary amides is 2. The number of carboxylic acids is 1. The molecule has 2 aromatic carbocycles. The molecule has 5 N–H and O–H groups in total. The maximum Gasteiger partial charge on any atom is 0.306 e. The van der Waals surface area contributed by atoms with Crippen LogP contribution in [0.15, 0.2) is 54.7 Å². The quantitative estimate of drug-likeness (QED) is 0.0346. The van der Waals surface area contributed by atoms with Crippen molar-refractivity contribution in [2.24, 2.45) is 11.5 Å². The van der Waals surface area contributed by atoms with Crippen LogP contribution in [0.4, 0.5) is 0 Å². The molecule has 2 amide bonds. The van der Waals surface area contributed by atoms with Gasteiger partial charge in [0, 0.05) is 60.7 Å². The van der Waals surface area contributed by atoms with Gasteiger partial charge in [0.15, 0.2) is 11.6 Å². The van der Waals surface area contributed by atoms with Crippen molar-refractivity contribution in [2.45, 2.75) is 86.0 Å². The fourth-order valence-corrected chi connectivity index (χ4v) is 7.88. The van der Waals surface area contributed by atoms with Gasteiger partial charge in [-0.25, -0.2) is 15.0 Å². The average Bonchev–Trinajstić information content (AvgIpc) is 4.05. The first-order chi connectivity index (χ1) is 31.7. The van der Waals surface area contributed by atoms with Crippen LogP contribution in [0.3, 0.4) is 0 Å². The molecule has 0 bridgehead atoms. The third-order valence-electron chi connectivity index (χ3n) is 10.9. The van der Waals surface area contributed by atoms with Gasteiger partial charge in [-0.15, -0.1) is 0 Å². The SMILES string of the molecule is CCn1nc(C)cc1C(=O)Cc1nc2cc(C(N)=O)cc(OC)c2n1C/C=C/Cn1c2nc(-c3cc(C)nn3CC)ncc2c2cc(C(N)=O)cc(OCCCCC(=O)OCCC(=O)O)c21. The van der Waals surface area contributed by atoms with Crippen molar-refractivity contribution < 1.29 is 43.3 Å². The van der Waals surface area contributed by atoms with E-state index in [-0.39, 0.29) is 62.5 Å². The van der Waals surface area contributed by atoms with E-state index in [0.717, 1.165) is 11.4 Å². The third kappa shape index (κ3) is 9.76. The highest BCUT2D eigenvalue weighted by atomic mass is 16.5. The lowest BCUT2D eigenvalue weighted by molar-refractivity contribution is -0.146. The first kappa shape index (κ1) is 46.1. The Hall–Kier alpha value is -7.90. The number of aliphatic carboxylic acids is 1. The van der Waals surface area contributed by atoms with Gasteiger partial charge < -0.3 is 39.9 Å². The van der Waals surface area contributed by atoms with Crippen LogP contribution < -0.4 is 20.9 Å². The fraction of sp³-hybridized carbons (Fsp3) is 0.348. The second kappa shape index (κ2) is 19.9. The summed E-state index contributed by atoms with van der Waals surface area (Å²) in [5, 5.41) is 19.1. The van der Waals surface area contributed by atoms with Gasteiger partial charge in [0.05, 0.1) is 49.0 Å². The van der Waals surface area contributed by atoms with Crippen LogP contribution >= 0.6 is 0 Å². The molecular formula is C46H51N11O9. The number of hydrogen-bond acceptors (Lipinski definition) is 13. The molecule has 0 aliphatic heterocycles. The maximum absolute atomic E-state index is 13.8. The summed E-state index contributed by atoms with van der Waals surface area (Å²) >= 11 is 0. The van der Waals surface area contributed by atoms with E-state index < -0.39 is 23.8 Å². The monoisotopic (exact) mass is 901 g/mol. The number of hydrogen-bond donors (Lipinski definition) is 3. The number of aromatic nitrogens is 9. The number of ether oxygens (including phenoxy) is 3. The van der Waals surface area contributed by atoms with Crippen molar-refractivity contribution in [3.8, 4) is 23.0 Å². The number of Topliss-reactive ketones (excluding diaryl/α,β-unsaturated/α-hetero) is 1. The number of nitrogens with zero attached hydrogens (tertiary/aromatic N) is 9. The molecule has 0 atom stereocenters. The zero-order chi connectivity index (χ0) is 47.2. The van der Waals surface area contributed by atoms with Crippen molar-refractivity contribution in [3.63, 3.8) is 0 Å². The van der Waals surface area contributed by atoms with E-state index in [9.17, 15) is 24.0 Å². The van der Waals surface area contributed by atoms with Gasteiger partial charge in [0.1, 0.15) is 46.5 Å². The van der Waals surface area contributed by atoms with Gasteiger partial charge in [0.2, 0.25) is 11.8 Å². The zero-order valence-electron chi connectivity index (χ0n) is 37.4. The zero-order valence-corrected chi connectivity index (χ0v) is 37.4. The molecule has 344 valence electrons. The first-order valence-electron chi connectivity index (χ1n) is 21.5. The Morgan fingerprint density at radius 1 is 0.758 bits per heavy atom. The highest BCUT2D eigenvalue weighted by Crippen LogP contribution is 2.37. The molecule has 7 aromatic rings. The van der Waals surface area contributed by atoms with Gasteiger partial charge in [0.25, 0.3) is 0 Å². The summed E-state index contributed by atoms with van der Waals surface area (Å²) < 4.78 is 24.4. The number of rotatable bonds is 22. The lowest BCUT2D eigenvalue weighted by atomic mass is 10.1. The maximum atomic E-state index is 13.8. The number of nitrogens with two attached hydrogens (primary N) is 2. The van der Waals surface area contributed by atoms with Gasteiger partial charge in [-0.2, -0.15) is 10.2 Å². The van der Waals surface area contributed by atoms with Gasteiger partial charge in [-0.1, -0.05) is 12.2 Å². The normalized spacial score (nSPS) is 11.6. The number of esters is 1. The number of carbonyl (C=O) groups is 5. The van der Waals surface area contributed by atoms with E-state index in [0.29, 0.717) is 93.4 Å². The molecule has 66 heavy (non-hydrogen) atoms. The van der Waals surface area contributed by atoms with Crippen LogP contribution in [0.5, 0.6) is 11.5 Å². The van der Waals surface area contributed by atoms with Crippen LogP contribution in [-0.4, -0.2) is 98.6 Å². The highest BCUT2D eigenvalue weighted by Gasteiger charge is 2.24. The Balaban J connectivity index is 1.27. The Kier molecular flexibility index (Phi) is 13.9. The molecule has 0 fully saturated rings. The number of fused-ring (bicyclic) bond motifs is 4. The molecule has 20 heteroatoms. The van der Waals surface area contributed by atoms with Crippen molar-refractivity contribution in [1.82, 2.24) is 43.6 Å². The number of amides is 2. The highest BCUT2D eigenvalue weighted by molar-refractivity contribution is 6.12. The van der Waals surface area contributed by atoms with Crippen molar-refractivity contribution in [3.05, 3.63) is 88.8 Å². The molecule has 5 aromatic heterocycles. The smallest absolute Gasteiger partial charge is 0.306 e.